The summed E-state index contributed by atoms with van der Waals surface area (Å²) in [5.74, 6) is 0. The molecule has 0 aromatic heterocycles. The summed E-state index contributed by atoms with van der Waals surface area (Å²) < 4.78 is 0. The first-order valence-corrected chi connectivity index (χ1v) is 15.9. The van der Waals surface area contributed by atoms with Gasteiger partial charge in [0.25, 0.3) is 0 Å². The fraction of sp³-hybridized carbons (Fsp3) is 0.111. The standard InChI is InChI=1S/C27H26P2.2ClH.Ni/c1-2-27(28(23-15-7-3-8-16-23)24-17-9-4-10-18-24)29(25-19-11-5-12-20-25)26-21-13-6-14-22-26;;;/h3-22,27H,2H2,1H3;2*1H;/q;;;+2/p-2. The molecule has 0 saturated carbocycles. The number of hydrogen-bond acceptors (Lipinski definition) is 0. The molecule has 4 aromatic carbocycles. The SMILES string of the molecule is CCC(P(c1ccccc1)c1ccccc1)P(c1ccccc1)c1ccccc1.[Cl][Ni][Cl]. The van der Waals surface area contributed by atoms with E-state index >= 15 is 0 Å². The van der Waals surface area contributed by atoms with Gasteiger partial charge in [-0.15, -0.1) is 0 Å². The van der Waals surface area contributed by atoms with Gasteiger partial charge in [0.1, 0.15) is 0 Å². The fourth-order valence-electron chi connectivity index (χ4n) is 3.82. The molecule has 0 bridgehead atoms. The molecule has 0 saturated heterocycles. The molecule has 0 amide bonds. The van der Waals surface area contributed by atoms with E-state index in [1.165, 1.54) is 21.2 Å². The van der Waals surface area contributed by atoms with E-state index in [0.717, 1.165) is 6.42 Å². The predicted octanol–water partition coefficient (Wildman–Crippen LogP) is 7.36. The van der Waals surface area contributed by atoms with Crippen LogP contribution in [-0.2, 0) is 12.7 Å². The average molecular weight is 542 g/mol. The van der Waals surface area contributed by atoms with Crippen LogP contribution in [0.4, 0.5) is 0 Å². The molecule has 32 heavy (non-hydrogen) atoms. The van der Waals surface area contributed by atoms with Crippen LogP contribution in [0.5, 0.6) is 0 Å². The van der Waals surface area contributed by atoms with E-state index in [4.69, 9.17) is 20.4 Å². The van der Waals surface area contributed by atoms with Crippen molar-refractivity contribution in [2.45, 2.75) is 18.7 Å². The van der Waals surface area contributed by atoms with Gasteiger partial charge in [0.15, 0.2) is 0 Å². The van der Waals surface area contributed by atoms with Crippen molar-refractivity contribution in [2.75, 3.05) is 0 Å². The molecular weight excluding hydrogens is 516 g/mol. The van der Waals surface area contributed by atoms with Gasteiger partial charge in [-0.2, -0.15) is 0 Å². The Morgan fingerprint density at radius 1 is 0.531 bits per heavy atom. The molecule has 5 heteroatoms. The second-order valence-electron chi connectivity index (χ2n) is 7.02. The van der Waals surface area contributed by atoms with Crippen LogP contribution in [0.25, 0.3) is 0 Å². The van der Waals surface area contributed by atoms with Crippen LogP contribution in [0.2, 0.25) is 0 Å². The normalized spacial score (nSPS) is 10.9. The van der Waals surface area contributed by atoms with Crippen molar-refractivity contribution in [3.05, 3.63) is 121 Å². The van der Waals surface area contributed by atoms with Crippen molar-refractivity contribution < 1.29 is 12.7 Å². The molecule has 0 N–H and O–H groups in total. The zero-order valence-corrected chi connectivity index (χ0v) is 22.1. The molecule has 0 unspecified atom stereocenters. The van der Waals surface area contributed by atoms with Crippen molar-refractivity contribution in [3.8, 4) is 0 Å². The molecule has 0 aliphatic carbocycles. The predicted molar refractivity (Wildman–Crippen MR) is 144 cm³/mol. The summed E-state index contributed by atoms with van der Waals surface area (Å²) in [7, 11) is 8.46. The van der Waals surface area contributed by atoms with Gasteiger partial charge in [-0.1, -0.05) is 128 Å². The first-order valence-electron chi connectivity index (χ1n) is 10.4. The van der Waals surface area contributed by atoms with Crippen molar-refractivity contribution in [3.63, 3.8) is 0 Å². The zero-order valence-electron chi connectivity index (χ0n) is 17.8. The zero-order chi connectivity index (χ0) is 22.6. The third-order valence-electron chi connectivity index (χ3n) is 5.10. The average Bonchev–Trinajstić information content (AvgIpc) is 2.87. The molecule has 0 nitrogen and oxygen atoms in total. The van der Waals surface area contributed by atoms with E-state index < -0.39 is 15.8 Å². The summed E-state index contributed by atoms with van der Waals surface area (Å²) in [4.78, 5) is 0. The van der Waals surface area contributed by atoms with Gasteiger partial charge in [-0.25, -0.2) is 0 Å². The first-order chi connectivity index (χ1) is 15.8. The second-order valence-corrected chi connectivity index (χ2v) is 13.8. The summed E-state index contributed by atoms with van der Waals surface area (Å²) in [5, 5.41) is 6.47. The summed E-state index contributed by atoms with van der Waals surface area (Å²) in [6.07, 6.45) is 1.16. The van der Waals surface area contributed by atoms with Gasteiger partial charge < -0.3 is 0 Å². The Morgan fingerprint density at radius 3 is 0.938 bits per heavy atom. The third-order valence-corrected chi connectivity index (χ3v) is 11.8. The molecule has 0 heterocycles. The van der Waals surface area contributed by atoms with Gasteiger partial charge in [-0.05, 0) is 43.5 Å². The monoisotopic (exact) mass is 540 g/mol. The minimum absolute atomic E-state index is 0.472. The number of rotatable bonds is 7. The van der Waals surface area contributed by atoms with E-state index in [9.17, 15) is 0 Å². The van der Waals surface area contributed by atoms with Crippen molar-refractivity contribution >= 4 is 57.4 Å². The summed E-state index contributed by atoms with van der Waals surface area (Å²) >= 11 is 0.569. The van der Waals surface area contributed by atoms with Crippen molar-refractivity contribution in [2.24, 2.45) is 0 Å². The Morgan fingerprint density at radius 2 is 0.750 bits per heavy atom. The van der Waals surface area contributed by atoms with E-state index in [1.54, 1.807) is 0 Å². The van der Waals surface area contributed by atoms with E-state index in [-0.39, 0.29) is 0 Å². The van der Waals surface area contributed by atoms with Crippen LogP contribution < -0.4 is 21.2 Å². The molecular formula is C27H26Cl2NiP2. The second kappa shape index (κ2) is 14.2. The van der Waals surface area contributed by atoms with Crippen LogP contribution >= 0.6 is 36.2 Å². The van der Waals surface area contributed by atoms with Crippen LogP contribution in [0.15, 0.2) is 121 Å². The molecule has 0 spiro atoms. The van der Waals surface area contributed by atoms with Crippen LogP contribution in [0.3, 0.4) is 0 Å². The molecule has 4 aromatic rings. The number of benzene rings is 4. The first kappa shape index (κ1) is 25.4. The van der Waals surface area contributed by atoms with E-state index in [0.29, 0.717) is 18.1 Å². The summed E-state index contributed by atoms with van der Waals surface area (Å²) in [6.45, 7) is 2.37. The van der Waals surface area contributed by atoms with Crippen molar-refractivity contribution in [1.82, 2.24) is 0 Å². The third kappa shape index (κ3) is 6.91. The molecule has 168 valence electrons. The summed E-state index contributed by atoms with van der Waals surface area (Å²) in [6, 6.07) is 44.6. The number of hydrogen-bond donors (Lipinski definition) is 0. The van der Waals surface area contributed by atoms with E-state index in [1.807, 2.05) is 0 Å². The Bertz CT molecular complexity index is 856. The van der Waals surface area contributed by atoms with Gasteiger partial charge >= 0.3 is 33.0 Å². The topological polar surface area (TPSA) is 0 Å². The Hall–Kier alpha value is -1.19. The van der Waals surface area contributed by atoms with Gasteiger partial charge in [-0.3, -0.25) is 0 Å². The van der Waals surface area contributed by atoms with Gasteiger partial charge in [0.05, 0.1) is 0 Å². The van der Waals surface area contributed by atoms with Crippen LogP contribution in [0, 0.1) is 0 Å². The quantitative estimate of drug-likeness (QED) is 0.169. The van der Waals surface area contributed by atoms with Crippen LogP contribution in [-0.4, -0.2) is 5.40 Å². The van der Waals surface area contributed by atoms with E-state index in [2.05, 4.69) is 128 Å². The van der Waals surface area contributed by atoms with Crippen molar-refractivity contribution in [1.29, 1.82) is 0 Å². The van der Waals surface area contributed by atoms with Gasteiger partial charge in [0.2, 0.25) is 0 Å². The molecule has 0 aliphatic rings. The molecule has 0 radical (unpaired) electrons. The number of halogens is 2. The summed E-state index contributed by atoms with van der Waals surface area (Å²) in [5.41, 5.74) is 0. The Kier molecular flexibility index (Phi) is 11.3. The molecule has 4 rings (SSSR count). The Labute approximate surface area is 209 Å². The minimum atomic E-state index is -0.472. The maximum absolute atomic E-state index is 4.70. The fourth-order valence-corrected chi connectivity index (χ4v) is 11.0. The maximum atomic E-state index is 4.70. The molecule has 0 fully saturated rings. The molecule has 0 atom stereocenters. The Balaban J connectivity index is 0.000000913. The van der Waals surface area contributed by atoms with Gasteiger partial charge in [0, 0.05) is 5.40 Å². The molecule has 0 aliphatic heterocycles. The van der Waals surface area contributed by atoms with Crippen LogP contribution in [0.1, 0.15) is 13.3 Å².